The number of likely N-dealkylation sites (N-methyl/N-ethyl adjacent to an activating group) is 1. The largest absolute Gasteiger partial charge is 0.496 e. The van der Waals surface area contributed by atoms with Gasteiger partial charge in [-0.2, -0.15) is 4.98 Å². The van der Waals surface area contributed by atoms with Gasteiger partial charge in [0.05, 0.1) is 19.9 Å². The topological polar surface area (TPSA) is 92.3 Å². The van der Waals surface area contributed by atoms with Gasteiger partial charge in [0, 0.05) is 62.8 Å². The summed E-state index contributed by atoms with van der Waals surface area (Å²) in [5.74, 6) is 1.40. The maximum atomic E-state index is 15.0. The lowest BCUT2D eigenvalue weighted by atomic mass is 10.1. The summed E-state index contributed by atoms with van der Waals surface area (Å²) in [6, 6.07) is 11.7. The summed E-state index contributed by atoms with van der Waals surface area (Å²) in [6.07, 6.45) is 0.830. The van der Waals surface area contributed by atoms with Crippen molar-refractivity contribution < 1.29 is 23.4 Å². The molecule has 3 aromatic rings. The van der Waals surface area contributed by atoms with Crippen molar-refractivity contribution in [3.8, 4) is 17.2 Å². The van der Waals surface area contributed by atoms with Crippen LogP contribution >= 0.6 is 0 Å². The molecule has 2 heterocycles. The van der Waals surface area contributed by atoms with Crippen molar-refractivity contribution in [3.05, 3.63) is 54.5 Å². The first-order valence-corrected chi connectivity index (χ1v) is 11.8. The highest BCUT2D eigenvalue weighted by atomic mass is 19.1. The highest BCUT2D eigenvalue weighted by Crippen LogP contribution is 2.29. The van der Waals surface area contributed by atoms with Gasteiger partial charge in [-0.15, -0.1) is 0 Å². The Morgan fingerprint density at radius 3 is 2.43 bits per heavy atom. The van der Waals surface area contributed by atoms with E-state index in [1.807, 2.05) is 0 Å². The molecule has 1 amide bonds. The number of carbonyl (C=O) groups is 1. The Morgan fingerprint density at radius 1 is 1.08 bits per heavy atom. The molecule has 1 saturated heterocycles. The zero-order valence-electron chi connectivity index (χ0n) is 21.6. The molecule has 0 spiro atoms. The van der Waals surface area contributed by atoms with E-state index in [4.69, 9.17) is 14.2 Å². The number of piperazine rings is 1. The van der Waals surface area contributed by atoms with Crippen LogP contribution in [0.25, 0.3) is 0 Å². The summed E-state index contributed by atoms with van der Waals surface area (Å²) in [5, 5.41) is 3.00. The molecule has 0 bridgehead atoms. The molecule has 4 rings (SSSR count). The zero-order valence-corrected chi connectivity index (χ0v) is 21.6. The number of hydrogen-bond donors (Lipinski definition) is 1. The first-order valence-electron chi connectivity index (χ1n) is 11.8. The molecule has 1 N–H and O–H groups in total. The van der Waals surface area contributed by atoms with Crippen molar-refractivity contribution in [3.63, 3.8) is 0 Å². The summed E-state index contributed by atoms with van der Waals surface area (Å²) in [4.78, 5) is 26.9. The van der Waals surface area contributed by atoms with Crippen molar-refractivity contribution in [1.82, 2.24) is 14.9 Å². The SMILES string of the molecule is COc1cc(OC)cc(OC(=O)N(C)c2ccnc(Nc3ccc(N4CCN(C)C(C)C4)c(F)c3)n2)c1. The van der Waals surface area contributed by atoms with Crippen LogP contribution in [0.4, 0.5) is 32.3 Å². The van der Waals surface area contributed by atoms with Crippen molar-refractivity contribution in [2.45, 2.75) is 13.0 Å². The molecule has 10 nitrogen and oxygen atoms in total. The number of benzene rings is 2. The number of aromatic nitrogens is 2. The highest BCUT2D eigenvalue weighted by Gasteiger charge is 2.23. The van der Waals surface area contributed by atoms with Gasteiger partial charge in [0.1, 0.15) is 28.9 Å². The lowest BCUT2D eigenvalue weighted by Crippen LogP contribution is -2.50. The molecular formula is C26H31FN6O4. The van der Waals surface area contributed by atoms with E-state index in [1.165, 1.54) is 38.4 Å². The molecule has 37 heavy (non-hydrogen) atoms. The van der Waals surface area contributed by atoms with E-state index in [-0.39, 0.29) is 17.5 Å². The number of halogens is 1. The zero-order chi connectivity index (χ0) is 26.5. The molecular weight excluding hydrogens is 479 g/mol. The first kappa shape index (κ1) is 26.0. The van der Waals surface area contributed by atoms with Crippen molar-refractivity contribution in [2.24, 2.45) is 0 Å². The van der Waals surface area contributed by atoms with Crippen LogP contribution in [0.2, 0.25) is 0 Å². The minimum absolute atomic E-state index is 0.209. The second-order valence-corrected chi connectivity index (χ2v) is 8.78. The van der Waals surface area contributed by atoms with Gasteiger partial charge in [0.15, 0.2) is 0 Å². The summed E-state index contributed by atoms with van der Waals surface area (Å²) >= 11 is 0. The maximum Gasteiger partial charge on any atom is 0.420 e. The average Bonchev–Trinajstić information content (AvgIpc) is 2.90. The van der Waals surface area contributed by atoms with E-state index in [1.54, 1.807) is 36.4 Å². The minimum Gasteiger partial charge on any atom is -0.496 e. The Kier molecular flexibility index (Phi) is 7.92. The molecule has 0 saturated carbocycles. The Morgan fingerprint density at radius 2 is 1.78 bits per heavy atom. The van der Waals surface area contributed by atoms with E-state index in [0.29, 0.717) is 34.7 Å². The Bertz CT molecular complexity index is 1240. The second kappa shape index (κ2) is 11.3. The monoisotopic (exact) mass is 510 g/mol. The van der Waals surface area contributed by atoms with Gasteiger partial charge in [-0.05, 0) is 38.2 Å². The van der Waals surface area contributed by atoms with Gasteiger partial charge >= 0.3 is 6.09 Å². The number of nitrogens with one attached hydrogen (secondary N) is 1. The summed E-state index contributed by atoms with van der Waals surface area (Å²) in [7, 11) is 6.62. The Hall–Kier alpha value is -4.12. The highest BCUT2D eigenvalue weighted by molar-refractivity contribution is 5.87. The van der Waals surface area contributed by atoms with Gasteiger partial charge in [0.2, 0.25) is 5.95 Å². The van der Waals surface area contributed by atoms with Crippen molar-refractivity contribution in [2.75, 3.05) is 63.1 Å². The van der Waals surface area contributed by atoms with Crippen LogP contribution in [0.5, 0.6) is 17.2 Å². The van der Waals surface area contributed by atoms with Crippen LogP contribution < -0.4 is 29.3 Å². The molecule has 1 aliphatic rings. The summed E-state index contributed by atoms with van der Waals surface area (Å²) < 4.78 is 30.9. The molecule has 1 atom stereocenters. The third-order valence-corrected chi connectivity index (χ3v) is 6.29. The standard InChI is InChI=1S/C26H31FN6O4/c1-17-16-33(11-10-31(17)2)23-7-6-18(12-22(23)27)29-25-28-9-8-24(30-25)32(3)26(34)37-21-14-19(35-4)13-20(15-21)36-5/h6-9,12-15,17H,10-11,16H2,1-5H3,(H,28,29,30). The van der Waals surface area contributed by atoms with E-state index in [0.717, 1.165) is 19.6 Å². The second-order valence-electron chi connectivity index (χ2n) is 8.78. The van der Waals surface area contributed by atoms with E-state index < -0.39 is 6.09 Å². The van der Waals surface area contributed by atoms with E-state index in [9.17, 15) is 9.18 Å². The van der Waals surface area contributed by atoms with Gasteiger partial charge in [0.25, 0.3) is 0 Å². The van der Waals surface area contributed by atoms with Gasteiger partial charge in [-0.1, -0.05) is 0 Å². The van der Waals surface area contributed by atoms with Gasteiger partial charge < -0.3 is 29.3 Å². The predicted octanol–water partition coefficient (Wildman–Crippen LogP) is 4.15. The number of carbonyl (C=O) groups excluding carboxylic acids is 1. The van der Waals surface area contributed by atoms with Crippen LogP contribution in [0, 0.1) is 5.82 Å². The number of methoxy groups -OCH3 is 2. The summed E-state index contributed by atoms with van der Waals surface area (Å²) in [6.45, 7) is 4.53. The minimum atomic E-state index is -0.670. The number of anilines is 4. The number of rotatable bonds is 7. The van der Waals surface area contributed by atoms with Crippen LogP contribution in [-0.4, -0.2) is 75.0 Å². The Labute approximate surface area is 215 Å². The van der Waals surface area contributed by atoms with Crippen molar-refractivity contribution in [1.29, 1.82) is 0 Å². The van der Waals surface area contributed by atoms with Crippen LogP contribution in [0.3, 0.4) is 0 Å². The maximum absolute atomic E-state index is 15.0. The number of nitrogens with zero attached hydrogens (tertiary/aromatic N) is 5. The molecule has 11 heteroatoms. The average molecular weight is 511 g/mol. The van der Waals surface area contributed by atoms with Crippen LogP contribution in [-0.2, 0) is 0 Å². The van der Waals surface area contributed by atoms with Crippen LogP contribution in [0.15, 0.2) is 48.7 Å². The molecule has 0 aliphatic carbocycles. The van der Waals surface area contributed by atoms with Crippen LogP contribution in [0.1, 0.15) is 6.92 Å². The van der Waals surface area contributed by atoms with Gasteiger partial charge in [-0.3, -0.25) is 4.90 Å². The lowest BCUT2D eigenvalue weighted by molar-refractivity contribution is 0.208. The molecule has 2 aromatic carbocycles. The number of hydrogen-bond acceptors (Lipinski definition) is 9. The Balaban J connectivity index is 1.44. The lowest BCUT2D eigenvalue weighted by Gasteiger charge is -2.39. The summed E-state index contributed by atoms with van der Waals surface area (Å²) in [5.41, 5.74) is 1.06. The predicted molar refractivity (Wildman–Crippen MR) is 140 cm³/mol. The molecule has 1 unspecified atom stereocenters. The third-order valence-electron chi connectivity index (χ3n) is 6.29. The fourth-order valence-corrected chi connectivity index (χ4v) is 3.94. The third kappa shape index (κ3) is 6.18. The molecule has 196 valence electrons. The fraction of sp³-hybridized carbons (Fsp3) is 0.346. The molecule has 1 aromatic heterocycles. The first-order chi connectivity index (χ1) is 17.8. The molecule has 1 aliphatic heterocycles. The number of ether oxygens (including phenoxy) is 3. The smallest absolute Gasteiger partial charge is 0.420 e. The van der Waals surface area contributed by atoms with Gasteiger partial charge in [-0.25, -0.2) is 14.2 Å². The normalized spacial score (nSPS) is 15.7. The fourth-order valence-electron chi connectivity index (χ4n) is 3.94. The van der Waals surface area contributed by atoms with Crippen molar-refractivity contribution >= 4 is 29.2 Å². The van der Waals surface area contributed by atoms with E-state index in [2.05, 4.69) is 39.1 Å². The molecule has 0 radical (unpaired) electrons. The number of amides is 1. The molecule has 1 fully saturated rings. The quantitative estimate of drug-likeness (QED) is 0.503. The van der Waals surface area contributed by atoms with E-state index >= 15 is 0 Å².